The predicted octanol–water partition coefficient (Wildman–Crippen LogP) is 3.78. The van der Waals surface area contributed by atoms with E-state index in [1.165, 1.54) is 12.3 Å². The smallest absolute Gasteiger partial charge is 0.406 e. The lowest BCUT2D eigenvalue weighted by molar-refractivity contribution is -0.390. The van der Waals surface area contributed by atoms with Crippen LogP contribution in [0, 0.1) is 10.1 Å². The van der Waals surface area contributed by atoms with Crippen LogP contribution >= 0.6 is 11.6 Å². The van der Waals surface area contributed by atoms with E-state index in [4.69, 9.17) is 16.3 Å². The highest BCUT2D eigenvalue weighted by atomic mass is 35.5. The second-order valence-corrected chi connectivity index (χ2v) is 4.27. The highest BCUT2D eigenvalue weighted by Crippen LogP contribution is 2.31. The van der Waals surface area contributed by atoms with E-state index >= 15 is 0 Å². The average Bonchev–Trinajstić information content (AvgIpc) is 2.39. The van der Waals surface area contributed by atoms with E-state index in [0.29, 0.717) is 5.02 Å². The summed E-state index contributed by atoms with van der Waals surface area (Å²) in [5.74, 6) is -0.179. The van der Waals surface area contributed by atoms with Crippen molar-refractivity contribution >= 4 is 17.4 Å². The number of nitro groups is 1. The van der Waals surface area contributed by atoms with E-state index in [0.717, 1.165) is 5.56 Å². The Bertz CT molecular complexity index is 604. The Morgan fingerprint density at radius 2 is 2.05 bits per heavy atom. The Morgan fingerprint density at radius 1 is 1.32 bits per heavy atom. The molecule has 0 aliphatic rings. The van der Waals surface area contributed by atoms with Gasteiger partial charge in [0, 0.05) is 10.6 Å². The molecule has 0 fully saturated rings. The summed E-state index contributed by atoms with van der Waals surface area (Å²) in [6.45, 7) is 1.78. The van der Waals surface area contributed by atoms with E-state index in [1.807, 2.05) is 18.2 Å². The molecule has 98 valence electrons. The van der Waals surface area contributed by atoms with Crippen LogP contribution in [0.3, 0.4) is 0 Å². The molecule has 0 aliphatic heterocycles. The van der Waals surface area contributed by atoms with Crippen molar-refractivity contribution in [2.75, 3.05) is 0 Å². The molecular formula is C13H11ClN2O3. The molecule has 0 radical (unpaired) electrons. The van der Waals surface area contributed by atoms with Crippen LogP contribution in [0.2, 0.25) is 5.02 Å². The first-order valence-electron chi connectivity index (χ1n) is 5.60. The Hall–Kier alpha value is -2.14. The number of hydrogen-bond acceptors (Lipinski definition) is 4. The standard InChI is InChI=1S/C13H11ClN2O3/c1-9(10-5-2-3-6-11(10)14)19-12-7-4-8-15-13(12)16(17)18/h2-9H,1H3/t9-/m1/s1. The molecule has 5 nitrogen and oxygen atoms in total. The number of aromatic nitrogens is 1. The van der Waals surface area contributed by atoms with Crippen molar-refractivity contribution < 1.29 is 9.66 Å². The summed E-state index contributed by atoms with van der Waals surface area (Å²) in [6, 6.07) is 10.3. The Kier molecular flexibility index (Phi) is 3.97. The first-order valence-corrected chi connectivity index (χ1v) is 5.98. The van der Waals surface area contributed by atoms with Crippen molar-refractivity contribution in [2.45, 2.75) is 13.0 Å². The highest BCUT2D eigenvalue weighted by molar-refractivity contribution is 6.31. The van der Waals surface area contributed by atoms with E-state index < -0.39 is 11.0 Å². The summed E-state index contributed by atoms with van der Waals surface area (Å²) >= 11 is 6.06. The van der Waals surface area contributed by atoms with Gasteiger partial charge in [-0.2, -0.15) is 0 Å². The van der Waals surface area contributed by atoms with Crippen LogP contribution in [0.25, 0.3) is 0 Å². The van der Waals surface area contributed by atoms with Crippen LogP contribution in [0.1, 0.15) is 18.6 Å². The molecule has 2 aromatic rings. The normalized spacial score (nSPS) is 11.9. The number of halogens is 1. The highest BCUT2D eigenvalue weighted by Gasteiger charge is 2.19. The molecule has 0 aliphatic carbocycles. The lowest BCUT2D eigenvalue weighted by Crippen LogP contribution is -2.06. The van der Waals surface area contributed by atoms with Crippen molar-refractivity contribution in [3.63, 3.8) is 0 Å². The van der Waals surface area contributed by atoms with Crippen LogP contribution in [-0.2, 0) is 0 Å². The first-order chi connectivity index (χ1) is 9.09. The fourth-order valence-electron chi connectivity index (χ4n) is 1.67. The third kappa shape index (κ3) is 3.00. The maximum absolute atomic E-state index is 10.8. The third-order valence-electron chi connectivity index (χ3n) is 2.57. The van der Waals surface area contributed by atoms with Gasteiger partial charge in [-0.05, 0) is 35.0 Å². The van der Waals surface area contributed by atoms with Crippen molar-refractivity contribution in [2.24, 2.45) is 0 Å². The molecule has 2 rings (SSSR count). The molecule has 0 amide bonds. The summed E-state index contributed by atoms with van der Waals surface area (Å²) in [5.41, 5.74) is 0.766. The maximum atomic E-state index is 10.8. The minimum absolute atomic E-state index is 0.125. The average molecular weight is 279 g/mol. The topological polar surface area (TPSA) is 65.3 Å². The zero-order valence-electron chi connectivity index (χ0n) is 10.1. The van der Waals surface area contributed by atoms with E-state index in [1.54, 1.807) is 19.1 Å². The number of ether oxygens (including phenoxy) is 1. The zero-order valence-corrected chi connectivity index (χ0v) is 10.9. The maximum Gasteiger partial charge on any atom is 0.406 e. The van der Waals surface area contributed by atoms with Crippen LogP contribution in [0.4, 0.5) is 5.82 Å². The molecule has 1 aromatic carbocycles. The number of benzene rings is 1. The molecule has 6 heteroatoms. The van der Waals surface area contributed by atoms with Gasteiger partial charge >= 0.3 is 5.82 Å². The molecule has 0 unspecified atom stereocenters. The minimum Gasteiger partial charge on any atom is -0.478 e. The van der Waals surface area contributed by atoms with Gasteiger partial charge in [0.1, 0.15) is 12.3 Å². The van der Waals surface area contributed by atoms with Crippen molar-refractivity contribution in [1.29, 1.82) is 0 Å². The monoisotopic (exact) mass is 278 g/mol. The minimum atomic E-state index is -0.575. The van der Waals surface area contributed by atoms with E-state index in [9.17, 15) is 10.1 Å². The Balaban J connectivity index is 2.27. The van der Waals surface area contributed by atoms with Gasteiger partial charge in [0.05, 0.1) is 0 Å². The SMILES string of the molecule is C[C@@H](Oc1cccnc1[N+](=O)[O-])c1ccccc1Cl. The molecule has 0 N–H and O–H groups in total. The predicted molar refractivity (Wildman–Crippen MR) is 71.4 cm³/mol. The molecule has 0 saturated heterocycles. The van der Waals surface area contributed by atoms with Gasteiger partial charge < -0.3 is 14.9 Å². The van der Waals surface area contributed by atoms with Gasteiger partial charge in [-0.15, -0.1) is 0 Å². The summed E-state index contributed by atoms with van der Waals surface area (Å²) < 4.78 is 5.59. The fraction of sp³-hybridized carbons (Fsp3) is 0.154. The molecule has 0 bridgehead atoms. The Labute approximate surface area is 115 Å². The molecule has 0 saturated carbocycles. The summed E-state index contributed by atoms with van der Waals surface area (Å²) in [6.07, 6.45) is 0.946. The summed E-state index contributed by atoms with van der Waals surface area (Å²) in [7, 11) is 0. The first kappa shape index (κ1) is 13.3. The molecule has 1 heterocycles. The van der Waals surface area contributed by atoms with Gasteiger partial charge in [0.2, 0.25) is 5.75 Å². The molecule has 0 spiro atoms. The lowest BCUT2D eigenvalue weighted by Gasteiger charge is -2.15. The number of nitrogens with zero attached hydrogens (tertiary/aromatic N) is 2. The van der Waals surface area contributed by atoms with Gasteiger partial charge in [-0.1, -0.05) is 29.8 Å². The van der Waals surface area contributed by atoms with Crippen LogP contribution < -0.4 is 4.74 Å². The lowest BCUT2D eigenvalue weighted by atomic mass is 10.1. The fourth-order valence-corrected chi connectivity index (χ4v) is 1.96. The Morgan fingerprint density at radius 3 is 2.74 bits per heavy atom. The van der Waals surface area contributed by atoms with Gasteiger partial charge in [0.15, 0.2) is 0 Å². The third-order valence-corrected chi connectivity index (χ3v) is 2.91. The van der Waals surface area contributed by atoms with Gasteiger partial charge in [0.25, 0.3) is 0 Å². The second-order valence-electron chi connectivity index (χ2n) is 3.86. The molecule has 19 heavy (non-hydrogen) atoms. The number of hydrogen-bond donors (Lipinski definition) is 0. The molecule has 1 aromatic heterocycles. The van der Waals surface area contributed by atoms with Crippen molar-refractivity contribution in [1.82, 2.24) is 4.98 Å². The van der Waals surface area contributed by atoms with E-state index in [2.05, 4.69) is 4.98 Å². The molecule has 1 atom stereocenters. The molecular weight excluding hydrogens is 268 g/mol. The van der Waals surface area contributed by atoms with E-state index in [-0.39, 0.29) is 11.6 Å². The number of rotatable bonds is 4. The number of pyridine rings is 1. The van der Waals surface area contributed by atoms with Gasteiger partial charge in [-0.3, -0.25) is 0 Å². The van der Waals surface area contributed by atoms with Crippen LogP contribution in [0.5, 0.6) is 5.75 Å². The zero-order chi connectivity index (χ0) is 13.8. The second kappa shape index (κ2) is 5.67. The van der Waals surface area contributed by atoms with Crippen LogP contribution in [0.15, 0.2) is 42.6 Å². The van der Waals surface area contributed by atoms with Crippen molar-refractivity contribution in [3.05, 3.63) is 63.3 Å². The van der Waals surface area contributed by atoms with Crippen molar-refractivity contribution in [3.8, 4) is 5.75 Å². The quantitative estimate of drug-likeness (QED) is 0.630. The van der Waals surface area contributed by atoms with Crippen LogP contribution in [-0.4, -0.2) is 9.91 Å². The largest absolute Gasteiger partial charge is 0.478 e. The summed E-state index contributed by atoms with van der Waals surface area (Å²) in [5, 5.41) is 11.4. The van der Waals surface area contributed by atoms with Gasteiger partial charge in [-0.25, -0.2) is 0 Å². The summed E-state index contributed by atoms with van der Waals surface area (Å²) in [4.78, 5) is 14.0.